The van der Waals surface area contributed by atoms with Crippen molar-refractivity contribution < 1.29 is 9.13 Å². The van der Waals surface area contributed by atoms with Crippen LogP contribution < -0.4 is 4.74 Å². The van der Waals surface area contributed by atoms with E-state index in [1.807, 2.05) is 0 Å². The predicted molar refractivity (Wildman–Crippen MR) is 81.3 cm³/mol. The standard InChI is InChI=1S/C13H17FN2OS2/c1-4-8(7-19-3)16-11-6-12(17-2)9(14)5-10(11)15-13(16)18/h5-6,8H,4,7H2,1-3H3,(H,15,18). The third kappa shape index (κ3) is 2.65. The highest BCUT2D eigenvalue weighted by Gasteiger charge is 2.16. The van der Waals surface area contributed by atoms with Gasteiger partial charge in [-0.25, -0.2) is 4.39 Å². The minimum atomic E-state index is -0.378. The van der Waals surface area contributed by atoms with Crippen molar-refractivity contribution in [2.45, 2.75) is 19.4 Å². The third-order valence-electron chi connectivity index (χ3n) is 3.19. The van der Waals surface area contributed by atoms with E-state index in [1.54, 1.807) is 17.8 Å². The van der Waals surface area contributed by atoms with E-state index in [4.69, 9.17) is 17.0 Å². The lowest BCUT2D eigenvalue weighted by Gasteiger charge is -2.17. The molecule has 0 aliphatic heterocycles. The lowest BCUT2D eigenvalue weighted by atomic mass is 10.2. The van der Waals surface area contributed by atoms with E-state index in [0.29, 0.717) is 16.3 Å². The first-order chi connectivity index (χ1) is 9.12. The molecular formula is C13H17FN2OS2. The van der Waals surface area contributed by atoms with E-state index in [0.717, 1.165) is 17.7 Å². The average Bonchev–Trinajstić information content (AvgIpc) is 2.70. The monoisotopic (exact) mass is 300 g/mol. The first-order valence-corrected chi connectivity index (χ1v) is 7.89. The van der Waals surface area contributed by atoms with Crippen LogP contribution in [0.1, 0.15) is 19.4 Å². The quantitative estimate of drug-likeness (QED) is 0.841. The molecule has 6 heteroatoms. The van der Waals surface area contributed by atoms with Crippen molar-refractivity contribution in [2.24, 2.45) is 0 Å². The van der Waals surface area contributed by atoms with Gasteiger partial charge in [-0.3, -0.25) is 0 Å². The fourth-order valence-electron chi connectivity index (χ4n) is 2.21. The van der Waals surface area contributed by atoms with Crippen molar-refractivity contribution in [3.63, 3.8) is 0 Å². The summed E-state index contributed by atoms with van der Waals surface area (Å²) in [6.45, 7) is 2.13. The SMILES string of the molecule is CCC(CSC)n1c(=S)[nH]c2cc(F)c(OC)cc21. The van der Waals surface area contributed by atoms with Crippen LogP contribution in [0.25, 0.3) is 11.0 Å². The minimum Gasteiger partial charge on any atom is -0.494 e. The van der Waals surface area contributed by atoms with Gasteiger partial charge in [-0.1, -0.05) is 6.92 Å². The molecule has 104 valence electrons. The zero-order valence-corrected chi connectivity index (χ0v) is 12.8. The van der Waals surface area contributed by atoms with Gasteiger partial charge in [0.1, 0.15) is 0 Å². The number of H-pyrrole nitrogens is 1. The summed E-state index contributed by atoms with van der Waals surface area (Å²) < 4.78 is 21.4. The Bertz CT molecular complexity index is 635. The van der Waals surface area contributed by atoms with E-state index in [9.17, 15) is 4.39 Å². The molecule has 0 fully saturated rings. The number of fused-ring (bicyclic) bond motifs is 1. The molecule has 0 aliphatic carbocycles. The van der Waals surface area contributed by atoms with Crippen LogP contribution in [0, 0.1) is 10.6 Å². The van der Waals surface area contributed by atoms with Gasteiger partial charge in [0.25, 0.3) is 0 Å². The molecule has 1 atom stereocenters. The zero-order chi connectivity index (χ0) is 14.0. The molecule has 0 aliphatic rings. The number of nitrogens with one attached hydrogen (secondary N) is 1. The van der Waals surface area contributed by atoms with Gasteiger partial charge in [-0.2, -0.15) is 11.8 Å². The van der Waals surface area contributed by atoms with Gasteiger partial charge in [0.2, 0.25) is 0 Å². The molecule has 1 N–H and O–H groups in total. The third-order valence-corrected chi connectivity index (χ3v) is 4.20. The Morgan fingerprint density at radius 2 is 2.26 bits per heavy atom. The number of hydrogen-bond acceptors (Lipinski definition) is 3. The normalized spacial score (nSPS) is 12.8. The van der Waals surface area contributed by atoms with E-state index < -0.39 is 0 Å². The van der Waals surface area contributed by atoms with Crippen molar-refractivity contribution >= 4 is 35.0 Å². The van der Waals surface area contributed by atoms with E-state index >= 15 is 0 Å². The molecule has 0 bridgehead atoms. The Morgan fingerprint density at radius 1 is 1.53 bits per heavy atom. The van der Waals surface area contributed by atoms with Crippen LogP contribution in [-0.2, 0) is 0 Å². The second-order valence-electron chi connectivity index (χ2n) is 4.32. The Morgan fingerprint density at radius 3 is 2.84 bits per heavy atom. The summed E-state index contributed by atoms with van der Waals surface area (Å²) in [5.74, 6) is 0.836. The fraction of sp³-hybridized carbons (Fsp3) is 0.462. The van der Waals surface area contributed by atoms with Crippen LogP contribution in [0.15, 0.2) is 12.1 Å². The molecule has 0 radical (unpaired) electrons. The van der Waals surface area contributed by atoms with Crippen molar-refractivity contribution in [3.05, 3.63) is 22.7 Å². The Labute approximate surface area is 121 Å². The Kier molecular flexibility index (Phi) is 4.52. The van der Waals surface area contributed by atoms with Crippen molar-refractivity contribution in [1.82, 2.24) is 9.55 Å². The molecule has 1 aromatic heterocycles. The highest BCUT2D eigenvalue weighted by molar-refractivity contribution is 7.98. The van der Waals surface area contributed by atoms with Crippen molar-refractivity contribution in [1.29, 1.82) is 0 Å². The van der Waals surface area contributed by atoms with Gasteiger partial charge >= 0.3 is 0 Å². The lowest BCUT2D eigenvalue weighted by Crippen LogP contribution is -2.10. The number of aromatic nitrogens is 2. The zero-order valence-electron chi connectivity index (χ0n) is 11.2. The first-order valence-electron chi connectivity index (χ1n) is 6.09. The molecule has 1 unspecified atom stereocenters. The largest absolute Gasteiger partial charge is 0.494 e. The number of halogens is 1. The van der Waals surface area contributed by atoms with Gasteiger partial charge in [0, 0.05) is 23.9 Å². The summed E-state index contributed by atoms with van der Waals surface area (Å²) >= 11 is 7.14. The highest BCUT2D eigenvalue weighted by Crippen LogP contribution is 2.28. The predicted octanol–water partition coefficient (Wildman–Crippen LogP) is 4.16. The second kappa shape index (κ2) is 5.96. The number of nitrogens with zero attached hydrogens (tertiary/aromatic N) is 1. The number of imidazole rings is 1. The molecule has 3 nitrogen and oxygen atoms in total. The summed E-state index contributed by atoms with van der Waals surface area (Å²) in [7, 11) is 1.47. The van der Waals surface area contributed by atoms with E-state index in [-0.39, 0.29) is 11.6 Å². The van der Waals surface area contributed by atoms with Crippen molar-refractivity contribution in [2.75, 3.05) is 19.1 Å². The molecule has 1 heterocycles. The molecule has 19 heavy (non-hydrogen) atoms. The van der Waals surface area contributed by atoms with Crippen molar-refractivity contribution in [3.8, 4) is 5.75 Å². The van der Waals surface area contributed by atoms with E-state index in [2.05, 4.69) is 22.7 Å². The number of hydrogen-bond donors (Lipinski definition) is 1. The number of ether oxygens (including phenoxy) is 1. The molecule has 1 aromatic carbocycles. The van der Waals surface area contributed by atoms with E-state index in [1.165, 1.54) is 13.2 Å². The van der Waals surface area contributed by atoms with Crippen LogP contribution in [-0.4, -0.2) is 28.7 Å². The molecule has 0 amide bonds. The second-order valence-corrected chi connectivity index (χ2v) is 5.62. The summed E-state index contributed by atoms with van der Waals surface area (Å²) in [6.07, 6.45) is 3.04. The molecular weight excluding hydrogens is 283 g/mol. The molecule has 0 saturated heterocycles. The number of benzene rings is 1. The highest BCUT2D eigenvalue weighted by atomic mass is 32.2. The van der Waals surface area contributed by atoms with Crippen LogP contribution in [0.5, 0.6) is 5.75 Å². The summed E-state index contributed by atoms with van der Waals surface area (Å²) in [5.41, 5.74) is 1.60. The maximum absolute atomic E-state index is 13.7. The summed E-state index contributed by atoms with van der Waals surface area (Å²) in [4.78, 5) is 3.07. The minimum absolute atomic E-state index is 0.245. The first kappa shape index (κ1) is 14.4. The van der Waals surface area contributed by atoms with Gasteiger partial charge in [0.05, 0.1) is 18.1 Å². The molecule has 0 saturated carbocycles. The number of thioether (sulfide) groups is 1. The fourth-order valence-corrected chi connectivity index (χ4v) is 3.34. The van der Waals surface area contributed by atoms with Crippen LogP contribution >= 0.6 is 24.0 Å². The Balaban J connectivity index is 2.66. The Hall–Kier alpha value is -1.01. The molecule has 2 rings (SSSR count). The summed E-state index contributed by atoms with van der Waals surface area (Å²) in [6, 6.07) is 3.44. The van der Waals surface area contributed by atoms with Gasteiger partial charge in [-0.15, -0.1) is 0 Å². The average molecular weight is 300 g/mol. The van der Waals surface area contributed by atoms with Gasteiger partial charge in [0.15, 0.2) is 16.3 Å². The van der Waals surface area contributed by atoms with Crippen LogP contribution in [0.3, 0.4) is 0 Å². The van der Waals surface area contributed by atoms with Gasteiger partial charge < -0.3 is 14.3 Å². The topological polar surface area (TPSA) is 29.9 Å². The van der Waals surface area contributed by atoms with Crippen LogP contribution in [0.4, 0.5) is 4.39 Å². The maximum atomic E-state index is 13.7. The van der Waals surface area contributed by atoms with Crippen LogP contribution in [0.2, 0.25) is 0 Å². The number of aromatic amines is 1. The lowest BCUT2D eigenvalue weighted by molar-refractivity contribution is 0.387. The number of rotatable bonds is 5. The maximum Gasteiger partial charge on any atom is 0.178 e. The summed E-state index contributed by atoms with van der Waals surface area (Å²) in [5, 5.41) is 0. The molecule has 0 spiro atoms. The smallest absolute Gasteiger partial charge is 0.178 e. The molecule has 2 aromatic rings. The van der Waals surface area contributed by atoms with Gasteiger partial charge in [-0.05, 0) is 24.9 Å². The number of methoxy groups -OCH3 is 1.